The first-order chi connectivity index (χ1) is 13.6. The minimum absolute atomic E-state index is 0.360. The predicted molar refractivity (Wildman–Crippen MR) is 117 cm³/mol. The number of piperidine rings is 1. The van der Waals surface area contributed by atoms with E-state index in [0.717, 1.165) is 24.2 Å². The first-order valence-corrected chi connectivity index (χ1v) is 12.0. The highest BCUT2D eigenvalue weighted by Gasteiger charge is 2.57. The lowest BCUT2D eigenvalue weighted by molar-refractivity contribution is -0.0868. The highest BCUT2D eigenvalue weighted by atomic mass is 15.2. The van der Waals surface area contributed by atoms with Gasteiger partial charge in [0.15, 0.2) is 0 Å². The van der Waals surface area contributed by atoms with Crippen molar-refractivity contribution in [3.8, 4) is 0 Å². The molecular formula is C26H38N2. The van der Waals surface area contributed by atoms with E-state index < -0.39 is 0 Å². The average Bonchev–Trinajstić information content (AvgIpc) is 2.94. The van der Waals surface area contributed by atoms with Crippen LogP contribution >= 0.6 is 0 Å². The number of aryl methyl sites for hydroxylation is 1. The zero-order valence-corrected chi connectivity index (χ0v) is 18.2. The molecule has 2 heteroatoms. The second-order valence-electron chi connectivity index (χ2n) is 10.6. The zero-order chi connectivity index (χ0) is 19.4. The first-order valence-electron chi connectivity index (χ1n) is 12.0. The first kappa shape index (κ1) is 18.9. The van der Waals surface area contributed by atoms with Gasteiger partial charge in [0.1, 0.15) is 0 Å². The molecule has 28 heavy (non-hydrogen) atoms. The molecule has 3 fully saturated rings. The number of hydrogen-bond acceptors (Lipinski definition) is 2. The van der Waals surface area contributed by atoms with Gasteiger partial charge in [-0.2, -0.15) is 0 Å². The van der Waals surface area contributed by atoms with Gasteiger partial charge in [0.05, 0.1) is 0 Å². The Morgan fingerprint density at radius 3 is 2.79 bits per heavy atom. The lowest BCUT2D eigenvalue weighted by Gasteiger charge is -2.60. The van der Waals surface area contributed by atoms with Crippen molar-refractivity contribution in [3.63, 3.8) is 0 Å². The molecule has 3 unspecified atom stereocenters. The van der Waals surface area contributed by atoms with E-state index in [9.17, 15) is 0 Å². The Hall–Kier alpha value is -1.15. The molecule has 0 spiro atoms. The minimum atomic E-state index is 0.360. The van der Waals surface area contributed by atoms with Crippen LogP contribution in [0.25, 0.3) is 5.57 Å². The van der Waals surface area contributed by atoms with Crippen molar-refractivity contribution in [1.82, 2.24) is 9.88 Å². The minimum Gasteiger partial charge on any atom is -0.298 e. The Morgan fingerprint density at radius 1 is 1.04 bits per heavy atom. The van der Waals surface area contributed by atoms with Gasteiger partial charge in [0.25, 0.3) is 0 Å². The van der Waals surface area contributed by atoms with Gasteiger partial charge in [-0.05, 0) is 111 Å². The summed E-state index contributed by atoms with van der Waals surface area (Å²) in [6.45, 7) is 10.1. The standard InChI is InChI=1S/C26H38N2/c1-4-19-16-20(18-27-17-19)22-8-9-23-21-11-15-28-14-7-5-6-12-26(28,3)24(21)10-13-25(22,23)2/h8,16-18,21,23-24H,4-7,9-15H2,1-3H3/t21?,23?,24?,25-,26-/m1/s1. The maximum absolute atomic E-state index is 4.58. The quantitative estimate of drug-likeness (QED) is 0.616. The van der Waals surface area contributed by atoms with Crippen LogP contribution in [0.4, 0.5) is 0 Å². The van der Waals surface area contributed by atoms with E-state index in [1.165, 1.54) is 75.6 Å². The molecule has 1 aromatic rings. The van der Waals surface area contributed by atoms with Crippen molar-refractivity contribution in [2.24, 2.45) is 23.2 Å². The maximum Gasteiger partial charge on any atom is 0.0343 e. The number of rotatable bonds is 2. The third-order valence-corrected chi connectivity index (χ3v) is 9.40. The van der Waals surface area contributed by atoms with Crippen LogP contribution in [0.3, 0.4) is 0 Å². The fourth-order valence-electron chi connectivity index (χ4n) is 7.77. The highest BCUT2D eigenvalue weighted by molar-refractivity contribution is 5.72. The third-order valence-electron chi connectivity index (χ3n) is 9.40. The Bertz CT molecular complexity index is 767. The molecule has 1 aromatic heterocycles. The highest BCUT2D eigenvalue weighted by Crippen LogP contribution is 2.63. The molecule has 2 nitrogen and oxygen atoms in total. The molecule has 2 saturated heterocycles. The fraction of sp³-hybridized carbons (Fsp3) is 0.731. The van der Waals surface area contributed by atoms with Crippen LogP contribution in [0.15, 0.2) is 24.5 Å². The largest absolute Gasteiger partial charge is 0.298 e. The van der Waals surface area contributed by atoms with E-state index in [-0.39, 0.29) is 0 Å². The molecule has 5 atom stereocenters. The summed E-state index contributed by atoms with van der Waals surface area (Å²) in [6.07, 6.45) is 19.1. The summed E-state index contributed by atoms with van der Waals surface area (Å²) in [4.78, 5) is 7.48. The molecule has 4 aliphatic rings. The van der Waals surface area contributed by atoms with Crippen LogP contribution in [-0.4, -0.2) is 28.5 Å². The Balaban J connectivity index is 1.44. The molecule has 2 aliphatic carbocycles. The van der Waals surface area contributed by atoms with E-state index in [2.05, 4.69) is 49.0 Å². The summed E-state index contributed by atoms with van der Waals surface area (Å²) < 4.78 is 0. The Labute approximate surface area is 171 Å². The number of fused-ring (bicyclic) bond motifs is 5. The number of nitrogens with zero attached hydrogens (tertiary/aromatic N) is 2. The van der Waals surface area contributed by atoms with Crippen molar-refractivity contribution >= 4 is 5.57 Å². The second kappa shape index (κ2) is 6.97. The Morgan fingerprint density at radius 2 is 1.93 bits per heavy atom. The lowest BCUT2D eigenvalue weighted by Crippen LogP contribution is -2.61. The molecule has 0 radical (unpaired) electrons. The van der Waals surface area contributed by atoms with Crippen molar-refractivity contribution < 1.29 is 0 Å². The zero-order valence-electron chi connectivity index (χ0n) is 18.2. The summed E-state index contributed by atoms with van der Waals surface area (Å²) in [7, 11) is 0. The monoisotopic (exact) mass is 378 g/mol. The molecule has 0 aromatic carbocycles. The van der Waals surface area contributed by atoms with Gasteiger partial charge in [-0.1, -0.05) is 32.8 Å². The summed E-state index contributed by atoms with van der Waals surface area (Å²) in [5.74, 6) is 2.66. The average molecular weight is 379 g/mol. The van der Waals surface area contributed by atoms with Crippen molar-refractivity contribution in [1.29, 1.82) is 0 Å². The van der Waals surface area contributed by atoms with E-state index in [0.29, 0.717) is 11.0 Å². The number of aromatic nitrogens is 1. The molecule has 0 N–H and O–H groups in total. The number of hydrogen-bond donors (Lipinski definition) is 0. The van der Waals surface area contributed by atoms with Crippen molar-refractivity contribution in [3.05, 3.63) is 35.7 Å². The molecule has 3 heterocycles. The van der Waals surface area contributed by atoms with Crippen LogP contribution in [0.2, 0.25) is 0 Å². The molecule has 5 rings (SSSR count). The SMILES string of the molecule is CCc1cncc(C2=CCC3C4CCN5CCCCC[C@]5(C)C4CC[C@]23C)c1. The van der Waals surface area contributed by atoms with Gasteiger partial charge < -0.3 is 0 Å². The molecule has 2 aliphatic heterocycles. The summed E-state index contributed by atoms with van der Waals surface area (Å²) in [6, 6.07) is 2.41. The fourth-order valence-corrected chi connectivity index (χ4v) is 7.77. The molecule has 1 saturated carbocycles. The van der Waals surface area contributed by atoms with Gasteiger partial charge >= 0.3 is 0 Å². The molecule has 152 valence electrons. The van der Waals surface area contributed by atoms with Crippen LogP contribution in [0, 0.1) is 23.2 Å². The lowest BCUT2D eigenvalue weighted by atomic mass is 9.52. The van der Waals surface area contributed by atoms with E-state index in [1.54, 1.807) is 5.57 Å². The van der Waals surface area contributed by atoms with Crippen LogP contribution in [0.5, 0.6) is 0 Å². The Kier molecular flexibility index (Phi) is 4.69. The molecular weight excluding hydrogens is 340 g/mol. The van der Waals surface area contributed by atoms with E-state index in [4.69, 9.17) is 0 Å². The van der Waals surface area contributed by atoms with Gasteiger partial charge in [-0.15, -0.1) is 0 Å². The van der Waals surface area contributed by atoms with Gasteiger partial charge in [0.2, 0.25) is 0 Å². The van der Waals surface area contributed by atoms with Crippen LogP contribution < -0.4 is 0 Å². The smallest absolute Gasteiger partial charge is 0.0343 e. The summed E-state index contributed by atoms with van der Waals surface area (Å²) in [5.41, 5.74) is 5.22. The van der Waals surface area contributed by atoms with Crippen LogP contribution in [-0.2, 0) is 6.42 Å². The van der Waals surface area contributed by atoms with Crippen LogP contribution in [0.1, 0.15) is 83.3 Å². The van der Waals surface area contributed by atoms with E-state index in [1.807, 2.05) is 6.20 Å². The topological polar surface area (TPSA) is 16.1 Å². The van der Waals surface area contributed by atoms with Crippen molar-refractivity contribution in [2.75, 3.05) is 13.1 Å². The van der Waals surface area contributed by atoms with Gasteiger partial charge in [0, 0.05) is 17.9 Å². The second-order valence-corrected chi connectivity index (χ2v) is 10.6. The maximum atomic E-state index is 4.58. The molecule has 0 bridgehead atoms. The van der Waals surface area contributed by atoms with Crippen molar-refractivity contribution in [2.45, 2.75) is 84.1 Å². The van der Waals surface area contributed by atoms with Gasteiger partial charge in [-0.25, -0.2) is 0 Å². The van der Waals surface area contributed by atoms with E-state index >= 15 is 0 Å². The summed E-state index contributed by atoms with van der Waals surface area (Å²) >= 11 is 0. The van der Waals surface area contributed by atoms with Gasteiger partial charge in [-0.3, -0.25) is 9.88 Å². The normalized spacial score (nSPS) is 40.8. The predicted octanol–water partition coefficient (Wildman–Crippen LogP) is 6.12. The third kappa shape index (κ3) is 2.74. The number of allylic oxidation sites excluding steroid dienone is 2. The summed E-state index contributed by atoms with van der Waals surface area (Å²) in [5, 5.41) is 0. The number of pyridine rings is 1. The molecule has 0 amide bonds.